The summed E-state index contributed by atoms with van der Waals surface area (Å²) in [7, 11) is 0. The molecule has 4 nitrogen and oxygen atoms in total. The van der Waals surface area contributed by atoms with Crippen molar-refractivity contribution in [1.82, 2.24) is 14.9 Å². The van der Waals surface area contributed by atoms with Gasteiger partial charge >= 0.3 is 6.61 Å². The van der Waals surface area contributed by atoms with Gasteiger partial charge in [-0.15, -0.1) is 0 Å². The molecule has 0 aliphatic rings. The number of ether oxygens (including phenoxy) is 1. The molecule has 1 aromatic carbocycles. The second-order valence-electron chi connectivity index (χ2n) is 4.69. The number of nitrogens with one attached hydrogen (secondary N) is 1. The fraction of sp³-hybridized carbons (Fsp3) is 0.400. The second kappa shape index (κ2) is 7.17. The van der Waals surface area contributed by atoms with E-state index in [-0.39, 0.29) is 11.8 Å². The molecule has 0 aliphatic heterocycles. The Morgan fingerprint density at radius 1 is 1.33 bits per heavy atom. The Balaban J connectivity index is 2.05. The van der Waals surface area contributed by atoms with E-state index in [2.05, 4.69) is 15.0 Å². The number of halogens is 2. The van der Waals surface area contributed by atoms with Crippen LogP contribution in [0.1, 0.15) is 31.1 Å². The maximum atomic E-state index is 12.4. The lowest BCUT2D eigenvalue weighted by atomic mass is 10.1. The summed E-state index contributed by atoms with van der Waals surface area (Å²) in [6.45, 7) is 2.59. The number of benzene rings is 1. The lowest BCUT2D eigenvalue weighted by Crippen LogP contribution is -2.21. The average molecular weight is 295 g/mol. The van der Waals surface area contributed by atoms with Gasteiger partial charge in [-0.25, -0.2) is 4.98 Å². The molecule has 0 bridgehead atoms. The van der Waals surface area contributed by atoms with E-state index in [0.29, 0.717) is 12.1 Å². The number of nitrogens with zero attached hydrogens (tertiary/aromatic N) is 2. The Morgan fingerprint density at radius 3 is 2.81 bits per heavy atom. The van der Waals surface area contributed by atoms with Crippen LogP contribution in [0.4, 0.5) is 8.78 Å². The Labute approximate surface area is 122 Å². The second-order valence-corrected chi connectivity index (χ2v) is 4.69. The van der Waals surface area contributed by atoms with E-state index in [1.54, 1.807) is 30.7 Å². The van der Waals surface area contributed by atoms with Gasteiger partial charge in [0.2, 0.25) is 0 Å². The van der Waals surface area contributed by atoms with Crippen molar-refractivity contribution in [3.63, 3.8) is 0 Å². The number of aryl methyl sites for hydroxylation is 1. The molecule has 0 saturated carbocycles. The topological polar surface area (TPSA) is 39.1 Å². The van der Waals surface area contributed by atoms with Crippen molar-refractivity contribution in [2.75, 3.05) is 0 Å². The summed E-state index contributed by atoms with van der Waals surface area (Å²) in [6, 6.07) is 6.71. The summed E-state index contributed by atoms with van der Waals surface area (Å²) in [5.41, 5.74) is 1.76. The van der Waals surface area contributed by atoms with Crippen molar-refractivity contribution in [3.05, 3.63) is 48.0 Å². The third kappa shape index (κ3) is 4.01. The Bertz CT molecular complexity index is 572. The van der Waals surface area contributed by atoms with E-state index >= 15 is 0 Å². The van der Waals surface area contributed by atoms with E-state index in [1.807, 2.05) is 24.5 Å². The van der Waals surface area contributed by atoms with E-state index in [1.165, 1.54) is 0 Å². The van der Waals surface area contributed by atoms with Crippen LogP contribution >= 0.6 is 0 Å². The first-order valence-corrected chi connectivity index (χ1v) is 6.88. The fourth-order valence-corrected chi connectivity index (χ4v) is 2.19. The van der Waals surface area contributed by atoms with Gasteiger partial charge in [0.1, 0.15) is 5.75 Å². The molecule has 0 aliphatic carbocycles. The van der Waals surface area contributed by atoms with Crippen molar-refractivity contribution in [2.45, 2.75) is 39.6 Å². The van der Waals surface area contributed by atoms with Crippen molar-refractivity contribution < 1.29 is 13.5 Å². The highest BCUT2D eigenvalue weighted by Crippen LogP contribution is 2.26. The van der Waals surface area contributed by atoms with Crippen molar-refractivity contribution >= 4 is 0 Å². The van der Waals surface area contributed by atoms with Crippen molar-refractivity contribution in [1.29, 1.82) is 0 Å². The van der Waals surface area contributed by atoms with Crippen LogP contribution in [0.2, 0.25) is 0 Å². The van der Waals surface area contributed by atoms with Crippen LogP contribution in [-0.2, 0) is 13.1 Å². The molecule has 0 radical (unpaired) electrons. The molecule has 0 saturated heterocycles. The lowest BCUT2D eigenvalue weighted by molar-refractivity contribution is -0.0506. The summed E-state index contributed by atoms with van der Waals surface area (Å²) in [4.78, 5) is 4.10. The Hall–Kier alpha value is -1.95. The van der Waals surface area contributed by atoms with Gasteiger partial charge in [0.05, 0.1) is 12.0 Å². The number of hydrogen-bond acceptors (Lipinski definition) is 3. The number of aromatic nitrogens is 2. The van der Waals surface area contributed by atoms with E-state index < -0.39 is 6.61 Å². The van der Waals surface area contributed by atoms with E-state index in [4.69, 9.17) is 0 Å². The van der Waals surface area contributed by atoms with Crippen LogP contribution in [-0.4, -0.2) is 16.2 Å². The molecule has 2 rings (SSSR count). The standard InChI is InChI=1S/C15H19F2N3O/c1-3-20-10-18-8-12(20)9-19-11(2)13-6-4-5-7-14(13)21-15(16)17/h4-8,10-11,15,19H,3,9H2,1-2H3. The van der Waals surface area contributed by atoms with Crippen LogP contribution in [0.5, 0.6) is 5.75 Å². The molecule has 0 amide bonds. The quantitative estimate of drug-likeness (QED) is 0.851. The minimum Gasteiger partial charge on any atom is -0.434 e. The monoisotopic (exact) mass is 295 g/mol. The van der Waals surface area contributed by atoms with E-state index in [9.17, 15) is 8.78 Å². The average Bonchev–Trinajstić information content (AvgIpc) is 2.92. The first-order valence-electron chi connectivity index (χ1n) is 6.88. The van der Waals surface area contributed by atoms with Crippen molar-refractivity contribution in [2.24, 2.45) is 0 Å². The highest BCUT2D eigenvalue weighted by atomic mass is 19.3. The molecule has 2 aromatic rings. The first kappa shape index (κ1) is 15.4. The number of alkyl halides is 2. The van der Waals surface area contributed by atoms with Gasteiger partial charge in [-0.3, -0.25) is 0 Å². The third-order valence-corrected chi connectivity index (χ3v) is 3.33. The van der Waals surface area contributed by atoms with Crippen molar-refractivity contribution in [3.8, 4) is 5.75 Å². The molecular formula is C15H19F2N3O. The molecule has 21 heavy (non-hydrogen) atoms. The van der Waals surface area contributed by atoms with Gasteiger partial charge in [0, 0.05) is 30.9 Å². The highest BCUT2D eigenvalue weighted by molar-refractivity contribution is 5.35. The number of rotatable bonds is 7. The van der Waals surface area contributed by atoms with Crippen LogP contribution in [0.3, 0.4) is 0 Å². The van der Waals surface area contributed by atoms with Gasteiger partial charge in [0.25, 0.3) is 0 Å². The molecule has 0 fully saturated rings. The van der Waals surface area contributed by atoms with Crippen LogP contribution in [0.15, 0.2) is 36.8 Å². The highest BCUT2D eigenvalue weighted by Gasteiger charge is 2.14. The zero-order valence-electron chi connectivity index (χ0n) is 12.1. The molecule has 114 valence electrons. The maximum absolute atomic E-state index is 12.4. The number of hydrogen-bond donors (Lipinski definition) is 1. The maximum Gasteiger partial charge on any atom is 0.387 e. The smallest absolute Gasteiger partial charge is 0.387 e. The van der Waals surface area contributed by atoms with Crippen LogP contribution in [0, 0.1) is 0 Å². The third-order valence-electron chi connectivity index (χ3n) is 3.33. The van der Waals surface area contributed by atoms with Gasteiger partial charge in [-0.1, -0.05) is 18.2 Å². The summed E-state index contributed by atoms with van der Waals surface area (Å²) >= 11 is 0. The lowest BCUT2D eigenvalue weighted by Gasteiger charge is -2.18. The predicted molar refractivity (Wildman–Crippen MR) is 76.2 cm³/mol. The summed E-state index contributed by atoms with van der Waals surface area (Å²) in [5, 5.41) is 3.30. The van der Waals surface area contributed by atoms with Gasteiger partial charge in [-0.2, -0.15) is 8.78 Å². The van der Waals surface area contributed by atoms with Gasteiger partial charge in [-0.05, 0) is 19.9 Å². The van der Waals surface area contributed by atoms with E-state index in [0.717, 1.165) is 12.2 Å². The summed E-state index contributed by atoms with van der Waals surface area (Å²) < 4.78 is 31.4. The minimum absolute atomic E-state index is 0.111. The zero-order valence-corrected chi connectivity index (χ0v) is 12.1. The number of para-hydroxylation sites is 1. The largest absolute Gasteiger partial charge is 0.434 e. The SMILES string of the molecule is CCn1cncc1CNC(C)c1ccccc1OC(F)F. The molecule has 1 N–H and O–H groups in total. The first-order chi connectivity index (χ1) is 10.1. The minimum atomic E-state index is -2.82. The summed E-state index contributed by atoms with van der Waals surface area (Å²) in [6.07, 6.45) is 3.57. The Kier molecular flexibility index (Phi) is 5.27. The van der Waals surface area contributed by atoms with Crippen LogP contribution in [0.25, 0.3) is 0 Å². The summed E-state index contributed by atoms with van der Waals surface area (Å²) in [5.74, 6) is 0.205. The van der Waals surface area contributed by atoms with Gasteiger partial charge in [0.15, 0.2) is 0 Å². The molecule has 1 atom stereocenters. The predicted octanol–water partition coefficient (Wildman–Crippen LogP) is 3.36. The molecule has 1 unspecified atom stereocenters. The fourth-order valence-electron chi connectivity index (χ4n) is 2.19. The zero-order chi connectivity index (χ0) is 15.2. The molecule has 1 aromatic heterocycles. The Morgan fingerprint density at radius 2 is 2.10 bits per heavy atom. The molecule has 0 spiro atoms. The molecule has 1 heterocycles. The number of imidazole rings is 1. The van der Waals surface area contributed by atoms with Crippen LogP contribution < -0.4 is 10.1 Å². The molecule has 6 heteroatoms. The normalized spacial score (nSPS) is 12.6. The van der Waals surface area contributed by atoms with Gasteiger partial charge < -0.3 is 14.6 Å². The molecular weight excluding hydrogens is 276 g/mol.